The zero-order valence-electron chi connectivity index (χ0n) is 11.3. The highest BCUT2D eigenvalue weighted by Gasteiger charge is 2.09. The summed E-state index contributed by atoms with van der Waals surface area (Å²) in [6, 6.07) is 13.6. The smallest absolute Gasteiger partial charge is 0.162 e. The molecule has 5 nitrogen and oxygen atoms in total. The van der Waals surface area contributed by atoms with Crippen LogP contribution in [0, 0.1) is 0 Å². The molecule has 102 valence electrons. The van der Waals surface area contributed by atoms with Crippen LogP contribution in [0.4, 0.5) is 5.82 Å². The Kier molecular flexibility index (Phi) is 3.25. The highest BCUT2D eigenvalue weighted by molar-refractivity contribution is 5.47. The lowest BCUT2D eigenvalue weighted by Gasteiger charge is -2.07. The lowest BCUT2D eigenvalue weighted by atomic mass is 10.1. The Morgan fingerprint density at radius 2 is 1.90 bits per heavy atom. The number of nitrogen functional groups attached to an aromatic ring is 1. The molecule has 0 aliphatic rings. The maximum Gasteiger partial charge on any atom is 0.162 e. The van der Waals surface area contributed by atoms with Gasteiger partial charge in [0, 0.05) is 6.42 Å². The molecule has 2 heterocycles. The Hall–Kier alpha value is -2.56. The van der Waals surface area contributed by atoms with Gasteiger partial charge in [-0.25, -0.2) is 0 Å². The molecule has 2 aromatic heterocycles. The Balaban J connectivity index is 1.87. The minimum absolute atomic E-state index is 0.655. The van der Waals surface area contributed by atoms with E-state index in [0.717, 1.165) is 35.6 Å². The number of hydrogen-bond acceptors (Lipinski definition) is 4. The molecule has 1 aromatic carbocycles. The number of nitrogens with two attached hydrogens (primary N) is 1. The molecule has 3 rings (SSSR count). The molecule has 0 saturated carbocycles. The molecular formula is C15H16N4O. The van der Waals surface area contributed by atoms with E-state index in [1.807, 2.05) is 40.8 Å². The van der Waals surface area contributed by atoms with E-state index in [0.29, 0.717) is 5.82 Å². The minimum atomic E-state index is 0.655. The number of methoxy groups -OCH3 is 1. The van der Waals surface area contributed by atoms with Gasteiger partial charge in [0.15, 0.2) is 5.65 Å². The number of anilines is 1. The topological polar surface area (TPSA) is 65.4 Å². The molecule has 0 aliphatic carbocycles. The summed E-state index contributed by atoms with van der Waals surface area (Å²) in [5.74, 6) is 2.42. The summed E-state index contributed by atoms with van der Waals surface area (Å²) in [7, 11) is 1.68. The summed E-state index contributed by atoms with van der Waals surface area (Å²) in [6.45, 7) is 0. The van der Waals surface area contributed by atoms with Crippen LogP contribution in [0.3, 0.4) is 0 Å². The fraction of sp³-hybridized carbons (Fsp3) is 0.200. The molecule has 0 spiro atoms. The van der Waals surface area contributed by atoms with Crippen molar-refractivity contribution in [1.82, 2.24) is 14.6 Å². The summed E-state index contributed by atoms with van der Waals surface area (Å²) in [4.78, 5) is 0. The maximum absolute atomic E-state index is 5.98. The third-order valence-corrected chi connectivity index (χ3v) is 3.34. The van der Waals surface area contributed by atoms with E-state index < -0.39 is 0 Å². The van der Waals surface area contributed by atoms with Gasteiger partial charge in [-0.2, -0.15) is 0 Å². The largest absolute Gasteiger partial charge is 0.496 e. The highest BCUT2D eigenvalue weighted by atomic mass is 16.5. The fourth-order valence-corrected chi connectivity index (χ4v) is 2.34. The first-order valence-corrected chi connectivity index (χ1v) is 6.50. The van der Waals surface area contributed by atoms with Gasteiger partial charge in [0.25, 0.3) is 0 Å². The van der Waals surface area contributed by atoms with Gasteiger partial charge in [-0.05, 0) is 30.2 Å². The van der Waals surface area contributed by atoms with E-state index in [9.17, 15) is 0 Å². The standard InChI is InChI=1S/C15H16N4O/c1-20-12-6-3-2-5-11(12)9-10-15-18-17-14-8-4-7-13(16)19(14)15/h2-8H,9-10,16H2,1H3. The molecule has 5 heteroatoms. The number of nitrogens with zero attached hydrogens (tertiary/aromatic N) is 3. The summed E-state index contributed by atoms with van der Waals surface area (Å²) in [5, 5.41) is 8.35. The molecule has 0 amide bonds. The summed E-state index contributed by atoms with van der Waals surface area (Å²) >= 11 is 0. The van der Waals surface area contributed by atoms with Crippen molar-refractivity contribution in [2.24, 2.45) is 0 Å². The van der Waals surface area contributed by atoms with E-state index in [4.69, 9.17) is 10.5 Å². The fourth-order valence-electron chi connectivity index (χ4n) is 2.34. The molecule has 0 fully saturated rings. The molecule has 2 N–H and O–H groups in total. The first kappa shape index (κ1) is 12.5. The monoisotopic (exact) mass is 268 g/mol. The van der Waals surface area contributed by atoms with Gasteiger partial charge in [-0.1, -0.05) is 24.3 Å². The van der Waals surface area contributed by atoms with Crippen LogP contribution in [0.2, 0.25) is 0 Å². The van der Waals surface area contributed by atoms with Gasteiger partial charge in [0.1, 0.15) is 17.4 Å². The molecule has 0 unspecified atom stereocenters. The van der Waals surface area contributed by atoms with Gasteiger partial charge >= 0.3 is 0 Å². The second kappa shape index (κ2) is 5.21. The van der Waals surface area contributed by atoms with Crippen LogP contribution in [0.5, 0.6) is 5.75 Å². The molecule has 3 aromatic rings. The molecule has 0 bridgehead atoms. The SMILES string of the molecule is COc1ccccc1CCc1nnc2cccc(N)n12. The predicted molar refractivity (Wildman–Crippen MR) is 77.8 cm³/mol. The molecule has 0 aliphatic heterocycles. The molecule has 0 atom stereocenters. The normalized spacial score (nSPS) is 10.8. The quantitative estimate of drug-likeness (QED) is 0.787. The highest BCUT2D eigenvalue weighted by Crippen LogP contribution is 2.19. The van der Waals surface area contributed by atoms with Gasteiger partial charge in [-0.15, -0.1) is 10.2 Å². The van der Waals surface area contributed by atoms with Crippen molar-refractivity contribution in [1.29, 1.82) is 0 Å². The first-order valence-electron chi connectivity index (χ1n) is 6.50. The molecule has 0 saturated heterocycles. The second-order valence-electron chi connectivity index (χ2n) is 4.57. The third-order valence-electron chi connectivity index (χ3n) is 3.34. The van der Waals surface area contributed by atoms with Crippen molar-refractivity contribution >= 4 is 11.5 Å². The number of para-hydroxylation sites is 1. The zero-order chi connectivity index (χ0) is 13.9. The average Bonchev–Trinajstić information content (AvgIpc) is 2.90. The second-order valence-corrected chi connectivity index (χ2v) is 4.57. The van der Waals surface area contributed by atoms with Gasteiger partial charge in [0.2, 0.25) is 0 Å². The number of pyridine rings is 1. The van der Waals surface area contributed by atoms with Crippen LogP contribution in [-0.4, -0.2) is 21.7 Å². The van der Waals surface area contributed by atoms with Gasteiger partial charge in [0.05, 0.1) is 7.11 Å². The number of aryl methyl sites for hydroxylation is 2. The molecular weight excluding hydrogens is 252 g/mol. The Labute approximate surface area is 117 Å². The van der Waals surface area contributed by atoms with Crippen LogP contribution >= 0.6 is 0 Å². The lowest BCUT2D eigenvalue weighted by molar-refractivity contribution is 0.409. The van der Waals surface area contributed by atoms with Crippen LogP contribution < -0.4 is 10.5 Å². The minimum Gasteiger partial charge on any atom is -0.496 e. The molecule has 0 radical (unpaired) electrons. The number of rotatable bonds is 4. The van der Waals surface area contributed by atoms with Crippen molar-refractivity contribution in [3.05, 3.63) is 53.9 Å². The Morgan fingerprint density at radius 3 is 2.75 bits per heavy atom. The van der Waals surface area contributed by atoms with Crippen molar-refractivity contribution in [3.8, 4) is 5.75 Å². The number of ether oxygens (including phenoxy) is 1. The van der Waals surface area contributed by atoms with Crippen LogP contribution in [0.15, 0.2) is 42.5 Å². The number of benzene rings is 1. The van der Waals surface area contributed by atoms with E-state index in [1.54, 1.807) is 7.11 Å². The summed E-state index contributed by atoms with van der Waals surface area (Å²) < 4.78 is 7.24. The average molecular weight is 268 g/mol. The van der Waals surface area contributed by atoms with Gasteiger partial charge in [-0.3, -0.25) is 4.40 Å². The lowest BCUT2D eigenvalue weighted by Crippen LogP contribution is -2.03. The van der Waals surface area contributed by atoms with Crippen molar-refractivity contribution in [2.75, 3.05) is 12.8 Å². The summed E-state index contributed by atoms with van der Waals surface area (Å²) in [5.41, 5.74) is 7.92. The van der Waals surface area contributed by atoms with Crippen LogP contribution in [-0.2, 0) is 12.8 Å². The predicted octanol–water partition coefficient (Wildman–Crippen LogP) is 2.11. The van der Waals surface area contributed by atoms with Crippen LogP contribution in [0.25, 0.3) is 5.65 Å². The van der Waals surface area contributed by atoms with Crippen LogP contribution in [0.1, 0.15) is 11.4 Å². The third kappa shape index (κ3) is 2.18. The number of aromatic nitrogens is 3. The van der Waals surface area contributed by atoms with E-state index in [1.165, 1.54) is 0 Å². The van der Waals surface area contributed by atoms with E-state index >= 15 is 0 Å². The number of fused-ring (bicyclic) bond motifs is 1. The Bertz CT molecular complexity index is 736. The zero-order valence-corrected chi connectivity index (χ0v) is 11.3. The van der Waals surface area contributed by atoms with Crippen molar-refractivity contribution in [3.63, 3.8) is 0 Å². The van der Waals surface area contributed by atoms with Crippen molar-refractivity contribution < 1.29 is 4.74 Å². The number of hydrogen-bond donors (Lipinski definition) is 1. The molecule has 20 heavy (non-hydrogen) atoms. The van der Waals surface area contributed by atoms with E-state index in [2.05, 4.69) is 16.3 Å². The maximum atomic E-state index is 5.98. The van der Waals surface area contributed by atoms with E-state index in [-0.39, 0.29) is 0 Å². The Morgan fingerprint density at radius 1 is 1.05 bits per heavy atom. The van der Waals surface area contributed by atoms with Gasteiger partial charge < -0.3 is 10.5 Å². The first-order chi connectivity index (χ1) is 9.79. The summed E-state index contributed by atoms with van der Waals surface area (Å²) in [6.07, 6.45) is 1.59. The van der Waals surface area contributed by atoms with Crippen molar-refractivity contribution in [2.45, 2.75) is 12.8 Å².